The lowest BCUT2D eigenvalue weighted by Gasteiger charge is -2.14. The Morgan fingerprint density at radius 3 is 2.81 bits per heavy atom. The third kappa shape index (κ3) is 2.26. The number of thiophene rings is 1. The number of sulfonamides is 1. The Labute approximate surface area is 97.9 Å². The van der Waals surface area contributed by atoms with Crippen LogP contribution in [0.3, 0.4) is 0 Å². The number of hydrogen-bond donors (Lipinski definition) is 1. The second-order valence-corrected chi connectivity index (χ2v) is 6.52. The molecule has 1 aromatic heterocycles. The Bertz CT molecular complexity index is 481. The number of primary sulfonamides is 1. The van der Waals surface area contributed by atoms with Gasteiger partial charge in [0.05, 0.1) is 10.1 Å². The van der Waals surface area contributed by atoms with Gasteiger partial charge in [-0.05, 0) is 17.9 Å². The largest absolute Gasteiger partial charge is 0.337 e. The van der Waals surface area contributed by atoms with E-state index < -0.39 is 15.3 Å². The first-order valence-electron chi connectivity index (χ1n) is 4.83. The summed E-state index contributed by atoms with van der Waals surface area (Å²) in [5, 5.41) is 6.26. The van der Waals surface area contributed by atoms with Crippen LogP contribution in [0.1, 0.15) is 16.1 Å². The van der Waals surface area contributed by atoms with Crippen LogP contribution in [0.15, 0.2) is 17.5 Å². The molecule has 0 saturated carbocycles. The first kappa shape index (κ1) is 11.6. The number of nitrogens with two attached hydrogens (primary N) is 1. The van der Waals surface area contributed by atoms with Gasteiger partial charge in [-0.25, -0.2) is 13.6 Å². The third-order valence-corrected chi connectivity index (χ3v) is 4.80. The second-order valence-electron chi connectivity index (χ2n) is 3.73. The van der Waals surface area contributed by atoms with Crippen molar-refractivity contribution in [2.75, 3.05) is 13.1 Å². The van der Waals surface area contributed by atoms with Crippen molar-refractivity contribution in [2.24, 2.45) is 5.14 Å². The minimum Gasteiger partial charge on any atom is -0.337 e. The SMILES string of the molecule is NS(=O)(=O)C1CCN(C(=O)c2cccs2)C1. The van der Waals surface area contributed by atoms with E-state index >= 15 is 0 Å². The van der Waals surface area contributed by atoms with Crippen molar-refractivity contribution in [1.29, 1.82) is 0 Å². The fourth-order valence-electron chi connectivity index (χ4n) is 1.74. The van der Waals surface area contributed by atoms with Crippen molar-refractivity contribution in [1.82, 2.24) is 4.90 Å². The molecule has 1 unspecified atom stereocenters. The smallest absolute Gasteiger partial charge is 0.263 e. The predicted molar refractivity (Wildman–Crippen MR) is 61.7 cm³/mol. The molecule has 0 radical (unpaired) electrons. The highest BCUT2D eigenvalue weighted by Gasteiger charge is 2.33. The monoisotopic (exact) mass is 260 g/mol. The fourth-order valence-corrected chi connectivity index (χ4v) is 3.25. The maximum absolute atomic E-state index is 11.9. The van der Waals surface area contributed by atoms with Gasteiger partial charge in [0.1, 0.15) is 0 Å². The molecule has 0 bridgehead atoms. The van der Waals surface area contributed by atoms with Crippen LogP contribution in [-0.4, -0.2) is 37.6 Å². The summed E-state index contributed by atoms with van der Waals surface area (Å²) in [5.74, 6) is -0.110. The predicted octanol–water partition coefficient (Wildman–Crippen LogP) is 0.251. The molecule has 88 valence electrons. The molecule has 1 amide bonds. The van der Waals surface area contributed by atoms with Crippen LogP contribution in [-0.2, 0) is 10.0 Å². The number of amides is 1. The summed E-state index contributed by atoms with van der Waals surface area (Å²) in [7, 11) is -3.53. The molecule has 0 aliphatic carbocycles. The molecule has 2 rings (SSSR count). The normalized spacial score (nSPS) is 21.3. The molecule has 0 aromatic carbocycles. The Kier molecular flexibility index (Phi) is 3.00. The standard InChI is InChI=1S/C9H12N2O3S2/c10-16(13,14)7-3-4-11(6-7)9(12)8-2-1-5-15-8/h1-2,5,7H,3-4,6H2,(H2,10,13,14). The van der Waals surface area contributed by atoms with Crippen molar-refractivity contribution in [3.8, 4) is 0 Å². The Morgan fingerprint density at radius 1 is 1.56 bits per heavy atom. The maximum Gasteiger partial charge on any atom is 0.263 e. The minimum absolute atomic E-state index is 0.110. The average molecular weight is 260 g/mol. The van der Waals surface area contributed by atoms with Crippen molar-refractivity contribution < 1.29 is 13.2 Å². The fraction of sp³-hybridized carbons (Fsp3) is 0.444. The Morgan fingerprint density at radius 2 is 2.31 bits per heavy atom. The van der Waals surface area contributed by atoms with Gasteiger partial charge < -0.3 is 4.90 Å². The van der Waals surface area contributed by atoms with E-state index in [2.05, 4.69) is 0 Å². The van der Waals surface area contributed by atoms with Crippen LogP contribution >= 0.6 is 11.3 Å². The number of hydrogen-bond acceptors (Lipinski definition) is 4. The molecule has 16 heavy (non-hydrogen) atoms. The molecule has 2 heterocycles. The zero-order valence-electron chi connectivity index (χ0n) is 8.50. The van der Waals surface area contributed by atoms with E-state index in [-0.39, 0.29) is 12.5 Å². The van der Waals surface area contributed by atoms with Crippen molar-refractivity contribution in [3.05, 3.63) is 22.4 Å². The van der Waals surface area contributed by atoms with Gasteiger partial charge in [-0.3, -0.25) is 4.79 Å². The summed E-state index contributed by atoms with van der Waals surface area (Å²) < 4.78 is 22.3. The third-order valence-electron chi connectivity index (χ3n) is 2.63. The Balaban J connectivity index is 2.08. The van der Waals surface area contributed by atoms with Gasteiger partial charge in [0.15, 0.2) is 0 Å². The number of rotatable bonds is 2. The summed E-state index contributed by atoms with van der Waals surface area (Å²) >= 11 is 1.35. The molecule has 1 fully saturated rings. The second kappa shape index (κ2) is 4.15. The highest BCUT2D eigenvalue weighted by atomic mass is 32.2. The molecule has 1 aliphatic heterocycles. The first-order chi connectivity index (χ1) is 7.48. The molecule has 1 aromatic rings. The van der Waals surface area contributed by atoms with Gasteiger partial charge in [0.25, 0.3) is 5.91 Å². The molecule has 0 spiro atoms. The molecule has 2 N–H and O–H groups in total. The van der Waals surface area contributed by atoms with Gasteiger partial charge in [0.2, 0.25) is 10.0 Å². The maximum atomic E-state index is 11.9. The zero-order chi connectivity index (χ0) is 11.8. The number of likely N-dealkylation sites (tertiary alicyclic amines) is 1. The van der Waals surface area contributed by atoms with Crippen LogP contribution in [0, 0.1) is 0 Å². The van der Waals surface area contributed by atoms with E-state index in [9.17, 15) is 13.2 Å². The van der Waals surface area contributed by atoms with Gasteiger partial charge in [-0.1, -0.05) is 6.07 Å². The van der Waals surface area contributed by atoms with E-state index in [4.69, 9.17) is 5.14 Å². The van der Waals surface area contributed by atoms with Crippen LogP contribution in [0.25, 0.3) is 0 Å². The summed E-state index contributed by atoms with van der Waals surface area (Å²) in [6.45, 7) is 0.660. The van der Waals surface area contributed by atoms with Crippen LogP contribution in [0.4, 0.5) is 0 Å². The summed E-state index contributed by atoms with van der Waals surface area (Å²) in [5.41, 5.74) is 0. The van der Waals surface area contributed by atoms with Crippen molar-refractivity contribution in [2.45, 2.75) is 11.7 Å². The number of nitrogens with zero attached hydrogens (tertiary/aromatic N) is 1. The van der Waals surface area contributed by atoms with E-state index in [0.29, 0.717) is 17.8 Å². The van der Waals surface area contributed by atoms with Gasteiger partial charge in [0, 0.05) is 13.1 Å². The minimum atomic E-state index is -3.53. The first-order valence-corrected chi connectivity index (χ1v) is 7.32. The lowest BCUT2D eigenvalue weighted by atomic mass is 10.4. The molecule has 1 saturated heterocycles. The molecular formula is C9H12N2O3S2. The van der Waals surface area contributed by atoms with Gasteiger partial charge in [-0.15, -0.1) is 11.3 Å². The Hall–Kier alpha value is -0.920. The molecule has 7 heteroatoms. The van der Waals surface area contributed by atoms with Gasteiger partial charge in [-0.2, -0.15) is 0 Å². The lowest BCUT2D eigenvalue weighted by Crippen LogP contribution is -2.34. The van der Waals surface area contributed by atoms with Gasteiger partial charge >= 0.3 is 0 Å². The topological polar surface area (TPSA) is 80.5 Å². The molecule has 1 aliphatic rings. The highest BCUT2D eigenvalue weighted by Crippen LogP contribution is 2.19. The van der Waals surface area contributed by atoms with Crippen molar-refractivity contribution in [3.63, 3.8) is 0 Å². The van der Waals surface area contributed by atoms with E-state index in [0.717, 1.165) is 0 Å². The summed E-state index contributed by atoms with van der Waals surface area (Å²) in [6, 6.07) is 3.53. The van der Waals surface area contributed by atoms with Crippen LogP contribution in [0.5, 0.6) is 0 Å². The highest BCUT2D eigenvalue weighted by molar-refractivity contribution is 7.89. The molecule has 1 atom stereocenters. The lowest BCUT2D eigenvalue weighted by molar-refractivity contribution is 0.0798. The average Bonchev–Trinajstić information content (AvgIpc) is 2.87. The molecule has 5 nitrogen and oxygen atoms in total. The molecular weight excluding hydrogens is 248 g/mol. The van der Waals surface area contributed by atoms with E-state index in [1.54, 1.807) is 17.0 Å². The summed E-state index contributed by atoms with van der Waals surface area (Å²) in [4.78, 5) is 14.1. The van der Waals surface area contributed by atoms with E-state index in [1.165, 1.54) is 11.3 Å². The van der Waals surface area contributed by atoms with Crippen molar-refractivity contribution >= 4 is 27.3 Å². The quantitative estimate of drug-likeness (QED) is 0.827. The van der Waals surface area contributed by atoms with E-state index in [1.807, 2.05) is 5.38 Å². The number of carbonyl (C=O) groups excluding carboxylic acids is 1. The van der Waals surface area contributed by atoms with Crippen LogP contribution in [0.2, 0.25) is 0 Å². The van der Waals surface area contributed by atoms with Crippen LogP contribution < -0.4 is 5.14 Å². The zero-order valence-corrected chi connectivity index (χ0v) is 10.1. The summed E-state index contributed by atoms with van der Waals surface area (Å²) in [6.07, 6.45) is 0.427. The number of carbonyl (C=O) groups is 1.